The smallest absolute Gasteiger partial charge is 0.244 e. The van der Waals surface area contributed by atoms with Crippen molar-refractivity contribution in [3.05, 3.63) is 18.3 Å². The van der Waals surface area contributed by atoms with Gasteiger partial charge in [-0.1, -0.05) is 6.92 Å². The Bertz CT molecular complexity index is 514. The van der Waals surface area contributed by atoms with Crippen LogP contribution in [0.5, 0.6) is 0 Å². The van der Waals surface area contributed by atoms with Crippen LogP contribution in [0.15, 0.2) is 23.2 Å². The van der Waals surface area contributed by atoms with Gasteiger partial charge in [0.1, 0.15) is 10.7 Å². The van der Waals surface area contributed by atoms with Crippen molar-refractivity contribution < 1.29 is 8.42 Å². The number of likely N-dealkylation sites (N-methyl/N-ethyl adjacent to an activating group) is 1. The van der Waals surface area contributed by atoms with Crippen LogP contribution in [0.4, 0.5) is 5.82 Å². The summed E-state index contributed by atoms with van der Waals surface area (Å²) < 4.78 is 26.8. The fourth-order valence-electron chi connectivity index (χ4n) is 1.88. The van der Waals surface area contributed by atoms with E-state index in [1.165, 1.54) is 10.5 Å². The lowest BCUT2D eigenvalue weighted by Crippen LogP contribution is -2.37. The molecule has 1 rings (SSSR count). The zero-order valence-corrected chi connectivity index (χ0v) is 14.2. The van der Waals surface area contributed by atoms with Crippen LogP contribution in [0.2, 0.25) is 0 Å². The Balaban J connectivity index is 2.93. The van der Waals surface area contributed by atoms with Crippen molar-refractivity contribution in [2.24, 2.45) is 0 Å². The molecule has 0 aromatic carbocycles. The predicted molar refractivity (Wildman–Crippen MR) is 86.0 cm³/mol. The molecule has 7 heteroatoms. The minimum atomic E-state index is -3.47. The number of sulfonamides is 1. The third kappa shape index (κ3) is 5.26. The van der Waals surface area contributed by atoms with E-state index in [1.807, 2.05) is 32.8 Å². The molecule has 0 bridgehead atoms. The Morgan fingerprint density at radius 3 is 2.33 bits per heavy atom. The van der Waals surface area contributed by atoms with Gasteiger partial charge in [-0.2, -0.15) is 4.31 Å². The Labute approximate surface area is 128 Å². The number of hydrogen-bond acceptors (Lipinski definition) is 5. The second kappa shape index (κ2) is 8.31. The lowest BCUT2D eigenvalue weighted by Gasteiger charge is -2.23. The van der Waals surface area contributed by atoms with Gasteiger partial charge in [-0.15, -0.1) is 0 Å². The molecule has 0 aliphatic carbocycles. The Kier molecular flexibility index (Phi) is 7.07. The van der Waals surface area contributed by atoms with E-state index in [4.69, 9.17) is 0 Å². The van der Waals surface area contributed by atoms with E-state index < -0.39 is 10.0 Å². The quantitative estimate of drug-likeness (QED) is 0.748. The summed E-state index contributed by atoms with van der Waals surface area (Å²) in [6.07, 6.45) is 2.21. The van der Waals surface area contributed by atoms with Crippen molar-refractivity contribution in [1.29, 1.82) is 0 Å². The first-order chi connectivity index (χ1) is 9.91. The Morgan fingerprint density at radius 1 is 1.14 bits per heavy atom. The van der Waals surface area contributed by atoms with E-state index in [0.29, 0.717) is 25.5 Å². The van der Waals surface area contributed by atoms with Gasteiger partial charge in [-0.25, -0.2) is 13.4 Å². The molecule has 1 heterocycles. The summed E-state index contributed by atoms with van der Waals surface area (Å²) in [6, 6.07) is 3.31. The summed E-state index contributed by atoms with van der Waals surface area (Å²) in [5.41, 5.74) is 0. The standard InChI is InChI=1S/C14H26N4O2S/c1-5-9-18(11-10-17(3)4)21(19,20)13-7-8-14(15-6-2)16-12-13/h7-8,12H,5-6,9-11H2,1-4H3,(H,15,16). The molecule has 1 N–H and O–H groups in total. The van der Waals surface area contributed by atoms with Gasteiger partial charge in [-0.3, -0.25) is 0 Å². The molecule has 0 unspecified atom stereocenters. The van der Waals surface area contributed by atoms with Crippen LogP contribution >= 0.6 is 0 Å². The van der Waals surface area contributed by atoms with Crippen molar-refractivity contribution >= 4 is 15.8 Å². The van der Waals surface area contributed by atoms with Gasteiger partial charge in [0.25, 0.3) is 0 Å². The molecule has 0 saturated carbocycles. The SMILES string of the molecule is CCCN(CCN(C)C)S(=O)(=O)c1ccc(NCC)nc1. The van der Waals surface area contributed by atoms with Gasteiger partial charge in [0, 0.05) is 32.4 Å². The first-order valence-corrected chi connectivity index (χ1v) is 8.70. The summed E-state index contributed by atoms with van der Waals surface area (Å²) in [6.45, 7) is 6.40. The number of aromatic nitrogens is 1. The molecule has 0 spiro atoms. The molecule has 0 aliphatic heterocycles. The van der Waals surface area contributed by atoms with E-state index in [2.05, 4.69) is 10.3 Å². The van der Waals surface area contributed by atoms with Gasteiger partial charge in [0.05, 0.1) is 0 Å². The number of hydrogen-bond donors (Lipinski definition) is 1. The first-order valence-electron chi connectivity index (χ1n) is 7.26. The van der Waals surface area contributed by atoms with Crippen molar-refractivity contribution in [3.63, 3.8) is 0 Å². The van der Waals surface area contributed by atoms with E-state index >= 15 is 0 Å². The Morgan fingerprint density at radius 2 is 1.86 bits per heavy atom. The second-order valence-electron chi connectivity index (χ2n) is 5.12. The second-order valence-corrected chi connectivity index (χ2v) is 7.05. The fraction of sp³-hybridized carbons (Fsp3) is 0.643. The molecule has 1 aromatic rings. The maximum atomic E-state index is 12.7. The molecule has 0 radical (unpaired) electrons. The summed E-state index contributed by atoms with van der Waals surface area (Å²) >= 11 is 0. The van der Waals surface area contributed by atoms with Gasteiger partial charge in [0.15, 0.2) is 0 Å². The van der Waals surface area contributed by atoms with E-state index in [1.54, 1.807) is 12.1 Å². The lowest BCUT2D eigenvalue weighted by molar-refractivity contribution is 0.333. The maximum Gasteiger partial charge on any atom is 0.244 e. The monoisotopic (exact) mass is 314 g/mol. The third-order valence-corrected chi connectivity index (χ3v) is 4.88. The zero-order valence-electron chi connectivity index (χ0n) is 13.3. The number of nitrogens with zero attached hydrogens (tertiary/aromatic N) is 3. The summed E-state index contributed by atoms with van der Waals surface area (Å²) in [7, 11) is 0.394. The number of anilines is 1. The number of nitrogens with one attached hydrogen (secondary N) is 1. The van der Waals surface area contributed by atoms with Gasteiger partial charge >= 0.3 is 0 Å². The minimum Gasteiger partial charge on any atom is -0.370 e. The van der Waals surface area contributed by atoms with Crippen LogP contribution < -0.4 is 5.32 Å². The molecular weight excluding hydrogens is 288 g/mol. The molecule has 0 aliphatic rings. The average Bonchev–Trinajstić information content (AvgIpc) is 2.44. The summed E-state index contributed by atoms with van der Waals surface area (Å²) in [5.74, 6) is 0.687. The highest BCUT2D eigenvalue weighted by atomic mass is 32.2. The third-order valence-electron chi connectivity index (χ3n) is 3.00. The highest BCUT2D eigenvalue weighted by Gasteiger charge is 2.23. The van der Waals surface area contributed by atoms with Gasteiger partial charge in [0.2, 0.25) is 10.0 Å². The zero-order chi connectivity index (χ0) is 15.9. The van der Waals surface area contributed by atoms with Crippen LogP contribution in [-0.4, -0.2) is 62.9 Å². The average molecular weight is 314 g/mol. The van der Waals surface area contributed by atoms with Crippen LogP contribution in [-0.2, 0) is 10.0 Å². The van der Waals surface area contributed by atoms with Crippen molar-refractivity contribution in [3.8, 4) is 0 Å². The fourth-order valence-corrected chi connectivity index (χ4v) is 3.35. The van der Waals surface area contributed by atoms with Gasteiger partial charge < -0.3 is 10.2 Å². The van der Waals surface area contributed by atoms with Crippen molar-refractivity contribution in [1.82, 2.24) is 14.2 Å². The van der Waals surface area contributed by atoms with Crippen molar-refractivity contribution in [2.75, 3.05) is 45.6 Å². The molecule has 6 nitrogen and oxygen atoms in total. The van der Waals surface area contributed by atoms with E-state index in [9.17, 15) is 8.42 Å². The van der Waals surface area contributed by atoms with Crippen LogP contribution in [0.1, 0.15) is 20.3 Å². The number of rotatable bonds is 9. The number of pyridine rings is 1. The maximum absolute atomic E-state index is 12.7. The predicted octanol–water partition coefficient (Wildman–Crippen LogP) is 1.48. The lowest BCUT2D eigenvalue weighted by atomic mass is 10.4. The molecule has 0 amide bonds. The van der Waals surface area contributed by atoms with Crippen LogP contribution in [0.3, 0.4) is 0 Å². The van der Waals surface area contributed by atoms with Gasteiger partial charge in [-0.05, 0) is 39.6 Å². The van der Waals surface area contributed by atoms with Crippen LogP contribution in [0, 0.1) is 0 Å². The first kappa shape index (κ1) is 17.9. The summed E-state index contributed by atoms with van der Waals surface area (Å²) in [5, 5.41) is 3.05. The largest absolute Gasteiger partial charge is 0.370 e. The highest BCUT2D eigenvalue weighted by molar-refractivity contribution is 7.89. The van der Waals surface area contributed by atoms with E-state index in [-0.39, 0.29) is 4.90 Å². The summed E-state index contributed by atoms with van der Waals surface area (Å²) in [4.78, 5) is 6.37. The molecular formula is C14H26N4O2S. The molecule has 120 valence electrons. The molecule has 0 fully saturated rings. The van der Waals surface area contributed by atoms with E-state index in [0.717, 1.165) is 13.0 Å². The highest BCUT2D eigenvalue weighted by Crippen LogP contribution is 2.16. The normalized spacial score (nSPS) is 12.1. The van der Waals surface area contributed by atoms with Crippen LogP contribution in [0.25, 0.3) is 0 Å². The molecule has 21 heavy (non-hydrogen) atoms. The minimum absolute atomic E-state index is 0.247. The Hall–Kier alpha value is -1.18. The molecule has 1 aromatic heterocycles. The van der Waals surface area contributed by atoms with Crippen molar-refractivity contribution in [2.45, 2.75) is 25.2 Å². The molecule has 0 atom stereocenters. The molecule has 0 saturated heterocycles. The topological polar surface area (TPSA) is 65.5 Å².